The van der Waals surface area contributed by atoms with Crippen molar-refractivity contribution in [3.05, 3.63) is 53.3 Å². The molecule has 2 aromatic rings. The molecule has 2 aromatic carbocycles. The van der Waals surface area contributed by atoms with Crippen LogP contribution in [0.3, 0.4) is 0 Å². The van der Waals surface area contributed by atoms with E-state index in [4.69, 9.17) is 21.1 Å². The number of carbonyl (C=O) groups excluding carboxylic acids is 1. The van der Waals surface area contributed by atoms with Gasteiger partial charge in [-0.15, -0.1) is 0 Å². The molecule has 0 aliphatic carbocycles. The number of anilines is 1. The largest absolute Gasteiger partial charge is 0.492 e. The van der Waals surface area contributed by atoms with E-state index in [-0.39, 0.29) is 22.2 Å². The zero-order valence-electron chi connectivity index (χ0n) is 12.2. The van der Waals surface area contributed by atoms with Crippen LogP contribution < -0.4 is 20.1 Å². The Morgan fingerprint density at radius 1 is 1.08 bits per heavy atom. The van der Waals surface area contributed by atoms with E-state index in [1.165, 1.54) is 24.3 Å². The summed E-state index contributed by atoms with van der Waals surface area (Å²) in [7, 11) is 0. The Hall–Kier alpha value is -2.68. The van der Waals surface area contributed by atoms with Crippen molar-refractivity contribution in [2.75, 3.05) is 5.32 Å². The molecule has 1 heterocycles. The standard InChI is InChI=1S/C15H9ClF4N2O3/c16-8-4-5-11-12(6-8)25-15(24-11,14(18,19)20)22-13(23)21-10-3-1-2-9(17)7-10/h1-7H,(H2,21,22,23)/t15-/m0/s1. The number of alkyl halides is 3. The third-order valence-electron chi connectivity index (χ3n) is 3.15. The normalized spacial score (nSPS) is 18.8. The summed E-state index contributed by atoms with van der Waals surface area (Å²) in [6, 6.07) is 6.94. The first-order valence-electron chi connectivity index (χ1n) is 6.77. The smallest absolute Gasteiger partial charge is 0.424 e. The van der Waals surface area contributed by atoms with Gasteiger partial charge in [0.05, 0.1) is 0 Å². The maximum Gasteiger partial charge on any atom is 0.492 e. The molecule has 3 rings (SSSR count). The molecule has 1 aliphatic heterocycles. The molecule has 0 saturated carbocycles. The molecule has 0 radical (unpaired) electrons. The van der Waals surface area contributed by atoms with Gasteiger partial charge in [-0.2, -0.15) is 13.2 Å². The highest BCUT2D eigenvalue weighted by Crippen LogP contribution is 2.46. The lowest BCUT2D eigenvalue weighted by molar-refractivity contribution is -0.317. The van der Waals surface area contributed by atoms with E-state index in [0.29, 0.717) is 0 Å². The highest BCUT2D eigenvalue weighted by Gasteiger charge is 2.65. The second-order valence-corrected chi connectivity index (χ2v) is 5.44. The van der Waals surface area contributed by atoms with Crippen LogP contribution in [0.25, 0.3) is 0 Å². The molecule has 0 bridgehead atoms. The van der Waals surface area contributed by atoms with Gasteiger partial charge in [0.25, 0.3) is 0 Å². The number of rotatable bonds is 2. The number of urea groups is 1. The monoisotopic (exact) mass is 376 g/mol. The van der Waals surface area contributed by atoms with Gasteiger partial charge in [-0.1, -0.05) is 17.7 Å². The summed E-state index contributed by atoms with van der Waals surface area (Å²) < 4.78 is 63.1. The summed E-state index contributed by atoms with van der Waals surface area (Å²) in [5.41, 5.74) is -0.0478. The lowest BCUT2D eigenvalue weighted by Gasteiger charge is -2.29. The van der Waals surface area contributed by atoms with Crippen LogP contribution in [0.4, 0.5) is 28.0 Å². The van der Waals surface area contributed by atoms with Crippen molar-refractivity contribution in [3.63, 3.8) is 0 Å². The number of carbonyl (C=O) groups is 1. The van der Waals surface area contributed by atoms with Gasteiger partial charge in [0, 0.05) is 16.8 Å². The number of nitrogens with one attached hydrogen (secondary N) is 2. The van der Waals surface area contributed by atoms with Gasteiger partial charge in [0.2, 0.25) is 0 Å². The lowest BCUT2D eigenvalue weighted by atomic mass is 10.3. The molecule has 2 N–H and O–H groups in total. The van der Waals surface area contributed by atoms with E-state index < -0.39 is 23.9 Å². The molecular weight excluding hydrogens is 368 g/mol. The van der Waals surface area contributed by atoms with Crippen molar-refractivity contribution < 1.29 is 31.8 Å². The minimum atomic E-state index is -5.11. The fraction of sp³-hybridized carbons (Fsp3) is 0.133. The van der Waals surface area contributed by atoms with Crippen molar-refractivity contribution in [3.8, 4) is 11.5 Å². The van der Waals surface area contributed by atoms with Crippen LogP contribution in [-0.4, -0.2) is 18.1 Å². The summed E-state index contributed by atoms with van der Waals surface area (Å²) in [4.78, 5) is 11.9. The van der Waals surface area contributed by atoms with E-state index >= 15 is 0 Å². The van der Waals surface area contributed by atoms with Crippen molar-refractivity contribution in [1.82, 2.24) is 5.32 Å². The summed E-state index contributed by atoms with van der Waals surface area (Å²) in [6.45, 7) is 0. The van der Waals surface area contributed by atoms with E-state index in [1.807, 2.05) is 0 Å². The van der Waals surface area contributed by atoms with Crippen LogP contribution in [-0.2, 0) is 0 Å². The van der Waals surface area contributed by atoms with Crippen LogP contribution in [0.2, 0.25) is 5.02 Å². The first-order valence-corrected chi connectivity index (χ1v) is 7.15. The minimum Gasteiger partial charge on any atom is -0.424 e. The highest BCUT2D eigenvalue weighted by atomic mass is 35.5. The summed E-state index contributed by atoms with van der Waals surface area (Å²) in [5, 5.41) is 3.78. The Morgan fingerprint density at radius 2 is 1.80 bits per heavy atom. The van der Waals surface area contributed by atoms with Crippen LogP contribution >= 0.6 is 11.6 Å². The topological polar surface area (TPSA) is 59.6 Å². The zero-order chi connectivity index (χ0) is 18.2. The van der Waals surface area contributed by atoms with Crippen molar-refractivity contribution in [2.45, 2.75) is 12.1 Å². The quantitative estimate of drug-likeness (QED) is 0.769. The van der Waals surface area contributed by atoms with Crippen LogP contribution in [0.5, 0.6) is 11.5 Å². The molecule has 5 nitrogen and oxygen atoms in total. The van der Waals surface area contributed by atoms with E-state index in [0.717, 1.165) is 18.2 Å². The van der Waals surface area contributed by atoms with Gasteiger partial charge >= 0.3 is 18.1 Å². The van der Waals surface area contributed by atoms with Gasteiger partial charge in [0.15, 0.2) is 11.5 Å². The Bertz CT molecular complexity index is 831. The fourth-order valence-electron chi connectivity index (χ4n) is 2.09. The number of fused-ring (bicyclic) bond motifs is 1. The second-order valence-electron chi connectivity index (χ2n) is 5.00. The summed E-state index contributed by atoms with van der Waals surface area (Å²) >= 11 is 5.71. The maximum atomic E-state index is 13.5. The van der Waals surface area contributed by atoms with Crippen LogP contribution in [0.15, 0.2) is 42.5 Å². The lowest BCUT2D eigenvalue weighted by Crippen LogP contribution is -2.65. The SMILES string of the molecule is O=C(Nc1cccc(F)c1)N[C@@]1(C(F)(F)F)Oc2ccc(Cl)cc2O1. The minimum absolute atomic E-state index is 0.0478. The number of hydrogen-bond donors (Lipinski definition) is 2. The van der Waals surface area contributed by atoms with Crippen molar-refractivity contribution >= 4 is 23.3 Å². The number of halogens is 5. The predicted molar refractivity (Wildman–Crippen MR) is 80.0 cm³/mol. The first kappa shape index (κ1) is 17.2. The number of amides is 2. The van der Waals surface area contributed by atoms with E-state index in [1.54, 1.807) is 5.32 Å². The molecule has 10 heteroatoms. The predicted octanol–water partition coefficient (Wildman–Crippen LogP) is 4.29. The number of hydrogen-bond acceptors (Lipinski definition) is 3. The highest BCUT2D eigenvalue weighted by molar-refractivity contribution is 6.30. The van der Waals surface area contributed by atoms with Gasteiger partial charge in [0.1, 0.15) is 5.82 Å². The average molecular weight is 377 g/mol. The van der Waals surface area contributed by atoms with Gasteiger partial charge in [-0.05, 0) is 30.3 Å². The molecule has 132 valence electrons. The molecule has 1 aliphatic rings. The third kappa shape index (κ3) is 3.41. The van der Waals surface area contributed by atoms with Crippen molar-refractivity contribution in [2.24, 2.45) is 0 Å². The first-order chi connectivity index (χ1) is 11.7. The fourth-order valence-corrected chi connectivity index (χ4v) is 2.25. The Balaban J connectivity index is 1.82. The average Bonchev–Trinajstić information content (AvgIpc) is 2.85. The summed E-state index contributed by atoms with van der Waals surface area (Å²) in [6.07, 6.45) is -5.11. The van der Waals surface area contributed by atoms with E-state index in [9.17, 15) is 22.4 Å². The van der Waals surface area contributed by atoms with Crippen LogP contribution in [0.1, 0.15) is 0 Å². The third-order valence-corrected chi connectivity index (χ3v) is 3.38. The molecule has 0 unspecified atom stereocenters. The second kappa shape index (κ2) is 5.99. The maximum absolute atomic E-state index is 13.5. The molecule has 2 amide bonds. The Kier molecular flexibility index (Phi) is 4.11. The molecule has 0 saturated heterocycles. The molecular formula is C15H9ClF4N2O3. The number of ether oxygens (including phenoxy) is 2. The van der Waals surface area contributed by atoms with Crippen molar-refractivity contribution in [1.29, 1.82) is 0 Å². The Morgan fingerprint density at radius 3 is 2.48 bits per heavy atom. The molecule has 0 fully saturated rings. The number of benzene rings is 2. The molecule has 0 aromatic heterocycles. The van der Waals surface area contributed by atoms with Crippen LogP contribution in [0, 0.1) is 5.82 Å². The Labute approximate surface area is 143 Å². The molecule has 1 atom stereocenters. The zero-order valence-corrected chi connectivity index (χ0v) is 12.9. The van der Waals surface area contributed by atoms with Gasteiger partial charge < -0.3 is 14.8 Å². The molecule has 25 heavy (non-hydrogen) atoms. The summed E-state index contributed by atoms with van der Waals surface area (Å²) in [5.74, 6) is -4.63. The van der Waals surface area contributed by atoms with Gasteiger partial charge in [-0.25, -0.2) is 9.18 Å². The molecule has 0 spiro atoms. The van der Waals surface area contributed by atoms with Gasteiger partial charge in [-0.3, -0.25) is 5.32 Å². The van der Waals surface area contributed by atoms with E-state index in [2.05, 4.69) is 5.32 Å².